The summed E-state index contributed by atoms with van der Waals surface area (Å²) in [6, 6.07) is -3.35. The fourth-order valence-corrected chi connectivity index (χ4v) is 3.94. The number of carbonyl (C=O) groups excluding carboxylic acids is 3. The van der Waals surface area contributed by atoms with Crippen molar-refractivity contribution in [2.45, 2.75) is 103 Å². The van der Waals surface area contributed by atoms with Crippen molar-refractivity contribution in [2.24, 2.45) is 11.8 Å². The van der Waals surface area contributed by atoms with Gasteiger partial charge in [-0.3, -0.25) is 14.4 Å². The Bertz CT molecular complexity index is 653. The lowest BCUT2D eigenvalue weighted by Crippen LogP contribution is -2.58. The quantitative estimate of drug-likeness (QED) is 0.294. The molecule has 0 aromatic rings. The molecule has 1 saturated carbocycles. The van der Waals surface area contributed by atoms with Gasteiger partial charge in [-0.05, 0) is 44.4 Å². The first kappa shape index (κ1) is 27.9. The van der Waals surface area contributed by atoms with Gasteiger partial charge in [-0.2, -0.15) is 0 Å². The number of carboxylic acid groups (broad SMARTS) is 1. The number of ketones is 1. The lowest BCUT2D eigenvalue weighted by Gasteiger charge is -2.30. The molecule has 0 aliphatic heterocycles. The predicted octanol–water partition coefficient (Wildman–Crippen LogP) is 2.26. The molecule has 0 saturated heterocycles. The van der Waals surface area contributed by atoms with Crippen LogP contribution in [0.5, 0.6) is 0 Å². The summed E-state index contributed by atoms with van der Waals surface area (Å²) in [6.45, 7) is 7.63. The van der Waals surface area contributed by atoms with Crippen molar-refractivity contribution >= 4 is 23.6 Å². The van der Waals surface area contributed by atoms with Crippen molar-refractivity contribution in [1.82, 2.24) is 16.0 Å². The molecule has 10 heteroatoms. The molecule has 32 heavy (non-hydrogen) atoms. The summed E-state index contributed by atoms with van der Waals surface area (Å²) in [6.07, 6.45) is 0.781. The molecule has 1 fully saturated rings. The lowest BCUT2D eigenvalue weighted by atomic mass is 9.95. The predicted molar refractivity (Wildman–Crippen MR) is 115 cm³/mol. The number of nitrogens with one attached hydrogen (secondary N) is 3. The van der Waals surface area contributed by atoms with Gasteiger partial charge in [-0.25, -0.2) is 13.6 Å². The Morgan fingerprint density at radius 3 is 1.97 bits per heavy atom. The molecule has 0 spiro atoms. The Balaban J connectivity index is 3.00. The Kier molecular flexibility index (Phi) is 11.7. The monoisotopic (exact) mass is 461 g/mol. The second kappa shape index (κ2) is 13.4. The fraction of sp³-hybridized carbons (Fsp3) is 0.818. The Hall–Kier alpha value is -2.10. The maximum atomic E-state index is 13.1. The molecule has 2 amide bonds. The van der Waals surface area contributed by atoms with Crippen molar-refractivity contribution in [3.05, 3.63) is 0 Å². The van der Waals surface area contributed by atoms with E-state index in [2.05, 4.69) is 16.0 Å². The van der Waals surface area contributed by atoms with Crippen LogP contribution in [-0.4, -0.2) is 59.3 Å². The molecular formula is C22H37F2N3O5. The third-order valence-electron chi connectivity index (χ3n) is 5.83. The van der Waals surface area contributed by atoms with Crippen molar-refractivity contribution in [2.75, 3.05) is 0 Å². The molecule has 0 bridgehead atoms. The Morgan fingerprint density at radius 2 is 1.50 bits per heavy atom. The van der Waals surface area contributed by atoms with E-state index in [-0.39, 0.29) is 30.2 Å². The number of carbonyl (C=O) groups is 4. The average Bonchev–Trinajstić information content (AvgIpc) is 3.23. The van der Waals surface area contributed by atoms with Crippen LogP contribution < -0.4 is 16.0 Å². The van der Waals surface area contributed by atoms with Gasteiger partial charge in [0.2, 0.25) is 18.2 Å². The molecule has 0 heterocycles. The summed E-state index contributed by atoms with van der Waals surface area (Å²) >= 11 is 0. The average molecular weight is 462 g/mol. The van der Waals surface area contributed by atoms with Crippen LogP contribution in [0.4, 0.5) is 8.78 Å². The minimum absolute atomic E-state index is 0.0257. The smallest absolute Gasteiger partial charge is 0.374 e. The molecule has 2 unspecified atom stereocenters. The highest BCUT2D eigenvalue weighted by Gasteiger charge is 2.36. The van der Waals surface area contributed by atoms with Crippen molar-refractivity contribution in [3.63, 3.8) is 0 Å². The summed E-state index contributed by atoms with van der Waals surface area (Å²) in [5, 5.41) is 17.1. The summed E-state index contributed by atoms with van der Waals surface area (Å²) in [7, 11) is 0. The molecule has 8 nitrogen and oxygen atoms in total. The topological polar surface area (TPSA) is 125 Å². The summed E-state index contributed by atoms with van der Waals surface area (Å²) in [5.41, 5.74) is 0. The van der Waals surface area contributed by atoms with E-state index in [1.54, 1.807) is 0 Å². The van der Waals surface area contributed by atoms with Crippen molar-refractivity contribution in [1.29, 1.82) is 0 Å². The van der Waals surface area contributed by atoms with Gasteiger partial charge in [-0.1, -0.05) is 33.6 Å². The molecule has 1 aliphatic carbocycles. The van der Waals surface area contributed by atoms with E-state index in [4.69, 9.17) is 5.11 Å². The zero-order chi connectivity index (χ0) is 24.4. The number of halogens is 2. The second-order valence-corrected chi connectivity index (χ2v) is 9.05. The number of amides is 2. The zero-order valence-corrected chi connectivity index (χ0v) is 19.3. The van der Waals surface area contributed by atoms with Gasteiger partial charge < -0.3 is 21.1 Å². The van der Waals surface area contributed by atoms with Gasteiger partial charge in [-0.15, -0.1) is 0 Å². The highest BCUT2D eigenvalue weighted by Crippen LogP contribution is 2.28. The third-order valence-corrected chi connectivity index (χ3v) is 5.83. The maximum Gasteiger partial charge on any atom is 0.374 e. The van der Waals surface area contributed by atoms with Crippen LogP contribution in [0.1, 0.15) is 72.6 Å². The number of aliphatic carboxylic acids is 1. The van der Waals surface area contributed by atoms with Crippen LogP contribution in [0.2, 0.25) is 0 Å². The highest BCUT2D eigenvalue weighted by molar-refractivity contribution is 6.35. The third kappa shape index (κ3) is 9.18. The number of Topliss-reactive ketones (excluding diaryl/α,β-unsaturated/α-hetero) is 1. The lowest BCUT2D eigenvalue weighted by molar-refractivity contribution is -0.151. The number of carboxylic acids is 1. The first-order valence-corrected chi connectivity index (χ1v) is 11.4. The van der Waals surface area contributed by atoms with Gasteiger partial charge >= 0.3 is 5.97 Å². The SMILES string of the molecule is CCC(C)N[C@H](C(=O)N[C@@H](CC(C)C)C(=O)NC(CC(F)F)C(=O)C(=O)O)C1CCCC1. The van der Waals surface area contributed by atoms with Crippen LogP contribution in [0.25, 0.3) is 0 Å². The van der Waals surface area contributed by atoms with Crippen molar-refractivity contribution < 1.29 is 33.1 Å². The first-order chi connectivity index (χ1) is 15.0. The van der Waals surface area contributed by atoms with Crippen LogP contribution in [0.3, 0.4) is 0 Å². The molecule has 4 atom stereocenters. The fourth-order valence-electron chi connectivity index (χ4n) is 3.94. The van der Waals surface area contributed by atoms with Gasteiger partial charge in [0, 0.05) is 12.5 Å². The molecule has 4 N–H and O–H groups in total. The van der Waals surface area contributed by atoms with Gasteiger partial charge in [0.15, 0.2) is 0 Å². The summed E-state index contributed by atoms with van der Waals surface area (Å²) in [5.74, 6) is -4.52. The summed E-state index contributed by atoms with van der Waals surface area (Å²) < 4.78 is 25.7. The largest absolute Gasteiger partial charge is 0.475 e. The number of alkyl halides is 2. The Morgan fingerprint density at radius 1 is 0.938 bits per heavy atom. The van der Waals surface area contributed by atoms with E-state index < -0.39 is 48.6 Å². The molecule has 1 aliphatic rings. The maximum absolute atomic E-state index is 13.1. The molecule has 0 aromatic carbocycles. The molecule has 0 aromatic heterocycles. The summed E-state index contributed by atoms with van der Waals surface area (Å²) in [4.78, 5) is 48.7. The standard InChI is InChI=1S/C22H37F2N3O5/c1-5-13(4)25-18(14-8-6-7-9-14)21(30)27-16(10-12(2)3)20(29)26-15(11-17(23)24)19(28)22(31)32/h12-18,25H,5-11H2,1-4H3,(H,26,29)(H,27,30)(H,31,32)/t13?,15?,16-,18-/m0/s1. The van der Waals surface area contributed by atoms with Gasteiger partial charge in [0.05, 0.1) is 6.04 Å². The highest BCUT2D eigenvalue weighted by atomic mass is 19.3. The number of hydrogen-bond acceptors (Lipinski definition) is 5. The van der Waals surface area contributed by atoms with E-state index in [0.717, 1.165) is 32.1 Å². The van der Waals surface area contributed by atoms with Crippen LogP contribution in [0.15, 0.2) is 0 Å². The Labute approximate surface area is 188 Å². The van der Waals surface area contributed by atoms with Crippen LogP contribution in [0, 0.1) is 11.8 Å². The molecular weight excluding hydrogens is 424 g/mol. The van der Waals surface area contributed by atoms with Gasteiger partial charge in [0.1, 0.15) is 12.1 Å². The number of rotatable bonds is 14. The normalized spacial score (nSPS) is 18.2. The van der Waals surface area contributed by atoms with E-state index in [1.165, 1.54) is 0 Å². The van der Waals surface area contributed by atoms with E-state index in [0.29, 0.717) is 0 Å². The van der Waals surface area contributed by atoms with E-state index >= 15 is 0 Å². The minimum atomic E-state index is -2.98. The van der Waals surface area contributed by atoms with Crippen LogP contribution >= 0.6 is 0 Å². The van der Waals surface area contributed by atoms with Gasteiger partial charge in [0.25, 0.3) is 5.78 Å². The van der Waals surface area contributed by atoms with E-state index in [9.17, 15) is 28.0 Å². The molecule has 1 rings (SSSR count). The molecule has 184 valence electrons. The first-order valence-electron chi connectivity index (χ1n) is 11.4. The van der Waals surface area contributed by atoms with E-state index in [1.807, 2.05) is 27.7 Å². The number of hydrogen-bond donors (Lipinski definition) is 4. The zero-order valence-electron chi connectivity index (χ0n) is 19.3. The minimum Gasteiger partial charge on any atom is -0.475 e. The second-order valence-electron chi connectivity index (χ2n) is 9.05. The molecule has 0 radical (unpaired) electrons. The van der Waals surface area contributed by atoms with Crippen molar-refractivity contribution in [3.8, 4) is 0 Å². The van der Waals surface area contributed by atoms with Crippen LogP contribution in [-0.2, 0) is 19.2 Å².